The van der Waals surface area contributed by atoms with Crippen molar-refractivity contribution in [1.82, 2.24) is 14.7 Å². The summed E-state index contributed by atoms with van der Waals surface area (Å²) in [5.41, 5.74) is 3.51. The number of para-hydroxylation sites is 1. The zero-order valence-electron chi connectivity index (χ0n) is 16.3. The highest BCUT2D eigenvalue weighted by molar-refractivity contribution is 5.81. The van der Waals surface area contributed by atoms with Crippen LogP contribution in [0.25, 0.3) is 5.69 Å². The fraction of sp³-hybridized carbons (Fsp3) is 0.476. The SMILES string of the molecule is Cc1nn(-c2ccccc2)c(C)c1CC(=O)OCC(=O)N1CCCC[C@H]1C. The molecule has 1 saturated heterocycles. The third-order valence-corrected chi connectivity index (χ3v) is 5.24. The molecule has 0 radical (unpaired) electrons. The first kappa shape index (κ1) is 19.1. The molecular weight excluding hydrogens is 342 g/mol. The highest BCUT2D eigenvalue weighted by Gasteiger charge is 2.24. The van der Waals surface area contributed by atoms with Gasteiger partial charge in [0.15, 0.2) is 6.61 Å². The van der Waals surface area contributed by atoms with Crippen LogP contribution in [0, 0.1) is 13.8 Å². The number of hydrogen-bond donors (Lipinski definition) is 0. The zero-order chi connectivity index (χ0) is 19.4. The lowest BCUT2D eigenvalue weighted by Gasteiger charge is -2.33. The number of amides is 1. The predicted molar refractivity (Wildman–Crippen MR) is 103 cm³/mol. The van der Waals surface area contributed by atoms with E-state index in [1.54, 1.807) is 0 Å². The van der Waals surface area contributed by atoms with Gasteiger partial charge in [-0.3, -0.25) is 9.59 Å². The van der Waals surface area contributed by atoms with Crippen LogP contribution in [0.4, 0.5) is 0 Å². The summed E-state index contributed by atoms with van der Waals surface area (Å²) >= 11 is 0. The molecule has 0 N–H and O–H groups in total. The second kappa shape index (κ2) is 8.37. The Balaban J connectivity index is 1.61. The van der Waals surface area contributed by atoms with Gasteiger partial charge < -0.3 is 9.64 Å². The molecule has 144 valence electrons. The van der Waals surface area contributed by atoms with Gasteiger partial charge in [0.2, 0.25) is 0 Å². The van der Waals surface area contributed by atoms with E-state index in [0.29, 0.717) is 0 Å². The van der Waals surface area contributed by atoms with Crippen molar-refractivity contribution in [1.29, 1.82) is 0 Å². The molecule has 0 saturated carbocycles. The van der Waals surface area contributed by atoms with Gasteiger partial charge in [-0.15, -0.1) is 0 Å². The smallest absolute Gasteiger partial charge is 0.310 e. The van der Waals surface area contributed by atoms with Crippen molar-refractivity contribution in [2.24, 2.45) is 0 Å². The van der Waals surface area contributed by atoms with Gasteiger partial charge in [-0.25, -0.2) is 4.68 Å². The average molecular weight is 369 g/mol. The molecule has 1 fully saturated rings. The molecule has 1 amide bonds. The average Bonchev–Trinajstić information content (AvgIpc) is 2.95. The molecule has 0 aliphatic carbocycles. The molecule has 1 aromatic heterocycles. The highest BCUT2D eigenvalue weighted by atomic mass is 16.5. The van der Waals surface area contributed by atoms with Crippen molar-refractivity contribution in [2.45, 2.75) is 52.5 Å². The molecule has 0 spiro atoms. The van der Waals surface area contributed by atoms with Crippen molar-refractivity contribution in [2.75, 3.05) is 13.2 Å². The fourth-order valence-electron chi connectivity index (χ4n) is 3.64. The summed E-state index contributed by atoms with van der Waals surface area (Å²) in [4.78, 5) is 26.4. The first-order chi connectivity index (χ1) is 13.0. The van der Waals surface area contributed by atoms with E-state index >= 15 is 0 Å². The minimum atomic E-state index is -0.396. The predicted octanol–water partition coefficient (Wildman–Crippen LogP) is 2.98. The van der Waals surface area contributed by atoms with E-state index in [2.05, 4.69) is 5.10 Å². The second-order valence-corrected chi connectivity index (χ2v) is 7.17. The van der Waals surface area contributed by atoms with E-state index in [4.69, 9.17) is 4.74 Å². The standard InChI is InChI=1S/C21H27N3O3/c1-15-9-7-8-12-23(15)20(25)14-27-21(26)13-19-16(2)22-24(17(19)3)18-10-5-4-6-11-18/h4-6,10-11,15H,7-9,12-14H2,1-3H3/t15-/m1/s1. The lowest BCUT2D eigenvalue weighted by molar-refractivity contribution is -0.153. The third-order valence-electron chi connectivity index (χ3n) is 5.24. The largest absolute Gasteiger partial charge is 0.455 e. The maximum absolute atomic E-state index is 12.3. The summed E-state index contributed by atoms with van der Waals surface area (Å²) in [6.45, 7) is 6.43. The number of benzene rings is 1. The van der Waals surface area contributed by atoms with Gasteiger partial charge in [0.25, 0.3) is 5.91 Å². The van der Waals surface area contributed by atoms with Crippen LogP contribution in [-0.2, 0) is 20.7 Å². The van der Waals surface area contributed by atoms with Crippen LogP contribution in [0.3, 0.4) is 0 Å². The molecule has 6 heteroatoms. The molecule has 2 aromatic rings. The molecule has 2 heterocycles. The van der Waals surface area contributed by atoms with E-state index in [9.17, 15) is 9.59 Å². The van der Waals surface area contributed by atoms with Gasteiger partial charge in [0, 0.05) is 23.8 Å². The summed E-state index contributed by atoms with van der Waals surface area (Å²) in [5, 5.41) is 4.55. The highest BCUT2D eigenvalue weighted by Crippen LogP contribution is 2.19. The summed E-state index contributed by atoms with van der Waals surface area (Å²) < 4.78 is 7.10. The Kier molecular flexibility index (Phi) is 5.94. The Bertz CT molecular complexity index is 814. The van der Waals surface area contributed by atoms with Crippen LogP contribution in [0.2, 0.25) is 0 Å². The van der Waals surface area contributed by atoms with Crippen molar-refractivity contribution >= 4 is 11.9 Å². The van der Waals surface area contributed by atoms with E-state index < -0.39 is 5.97 Å². The van der Waals surface area contributed by atoms with E-state index in [0.717, 1.165) is 48.4 Å². The molecule has 1 atom stereocenters. The number of rotatable bonds is 5. The zero-order valence-corrected chi connectivity index (χ0v) is 16.3. The number of carbonyl (C=O) groups excluding carboxylic acids is 2. The normalized spacial score (nSPS) is 17.0. The van der Waals surface area contributed by atoms with Crippen molar-refractivity contribution in [3.05, 3.63) is 47.3 Å². The number of nitrogens with zero attached hydrogens (tertiary/aromatic N) is 3. The third kappa shape index (κ3) is 4.38. The summed E-state index contributed by atoms with van der Waals surface area (Å²) in [7, 11) is 0. The molecule has 1 aliphatic rings. The number of esters is 1. The quantitative estimate of drug-likeness (QED) is 0.760. The monoisotopic (exact) mass is 369 g/mol. The first-order valence-corrected chi connectivity index (χ1v) is 9.53. The Labute approximate surface area is 160 Å². The Morgan fingerprint density at radius 3 is 2.63 bits per heavy atom. The van der Waals surface area contributed by atoms with Crippen molar-refractivity contribution < 1.29 is 14.3 Å². The molecular formula is C21H27N3O3. The van der Waals surface area contributed by atoms with Crippen LogP contribution >= 0.6 is 0 Å². The Morgan fingerprint density at radius 1 is 1.19 bits per heavy atom. The van der Waals surface area contributed by atoms with Gasteiger partial charge in [0.05, 0.1) is 17.8 Å². The fourth-order valence-corrected chi connectivity index (χ4v) is 3.64. The lowest BCUT2D eigenvalue weighted by Crippen LogP contribution is -2.44. The van der Waals surface area contributed by atoms with Crippen LogP contribution in [0.15, 0.2) is 30.3 Å². The van der Waals surface area contributed by atoms with Crippen LogP contribution in [0.5, 0.6) is 0 Å². The molecule has 27 heavy (non-hydrogen) atoms. The second-order valence-electron chi connectivity index (χ2n) is 7.17. The van der Waals surface area contributed by atoms with Crippen LogP contribution in [0.1, 0.15) is 43.1 Å². The Hall–Kier alpha value is -2.63. The number of piperidine rings is 1. The summed E-state index contributed by atoms with van der Waals surface area (Å²) in [6.07, 6.45) is 3.29. The van der Waals surface area contributed by atoms with Gasteiger partial charge in [0.1, 0.15) is 0 Å². The number of aromatic nitrogens is 2. The molecule has 1 aliphatic heterocycles. The van der Waals surface area contributed by atoms with Crippen LogP contribution < -0.4 is 0 Å². The van der Waals surface area contributed by atoms with Gasteiger partial charge in [-0.2, -0.15) is 5.10 Å². The maximum atomic E-state index is 12.3. The molecule has 1 aromatic carbocycles. The Morgan fingerprint density at radius 2 is 1.93 bits per heavy atom. The number of ether oxygens (including phenoxy) is 1. The minimum absolute atomic E-state index is 0.107. The molecule has 0 unspecified atom stereocenters. The molecule has 3 rings (SSSR count). The number of likely N-dealkylation sites (tertiary alicyclic amines) is 1. The number of aryl methyl sites for hydroxylation is 1. The first-order valence-electron chi connectivity index (χ1n) is 9.53. The summed E-state index contributed by atoms with van der Waals surface area (Å²) in [6, 6.07) is 10.0. The van der Waals surface area contributed by atoms with Gasteiger partial charge >= 0.3 is 5.97 Å². The number of hydrogen-bond acceptors (Lipinski definition) is 4. The summed E-state index contributed by atoms with van der Waals surface area (Å²) in [5.74, 6) is -0.504. The van der Waals surface area contributed by atoms with Crippen LogP contribution in [-0.4, -0.2) is 45.8 Å². The van der Waals surface area contributed by atoms with Crippen molar-refractivity contribution in [3.8, 4) is 5.69 Å². The van der Waals surface area contributed by atoms with E-state index in [1.165, 1.54) is 0 Å². The minimum Gasteiger partial charge on any atom is -0.455 e. The van der Waals surface area contributed by atoms with E-state index in [1.807, 2.05) is 60.7 Å². The lowest BCUT2D eigenvalue weighted by atomic mass is 10.0. The maximum Gasteiger partial charge on any atom is 0.310 e. The molecule has 6 nitrogen and oxygen atoms in total. The topological polar surface area (TPSA) is 64.4 Å². The van der Waals surface area contributed by atoms with Gasteiger partial charge in [-0.1, -0.05) is 18.2 Å². The van der Waals surface area contributed by atoms with Gasteiger partial charge in [-0.05, 0) is 52.2 Å². The van der Waals surface area contributed by atoms with E-state index in [-0.39, 0.29) is 25.0 Å². The van der Waals surface area contributed by atoms with Crippen molar-refractivity contribution in [3.63, 3.8) is 0 Å². The molecule has 0 bridgehead atoms. The number of carbonyl (C=O) groups is 2.